The van der Waals surface area contributed by atoms with Crippen molar-refractivity contribution in [2.75, 3.05) is 31.6 Å². The van der Waals surface area contributed by atoms with Crippen molar-refractivity contribution >= 4 is 50.7 Å². The Kier molecular flexibility index (Phi) is 12.1. The van der Waals surface area contributed by atoms with E-state index in [2.05, 4.69) is 5.32 Å². The first-order valence-corrected chi connectivity index (χ1v) is 16.0. The second-order valence-corrected chi connectivity index (χ2v) is 12.6. The number of ether oxygens (including phenoxy) is 2. The molecule has 0 spiro atoms. The third-order valence-electron chi connectivity index (χ3n) is 6.93. The number of halogens is 2. The maximum absolute atomic E-state index is 14.1. The molecule has 232 valence electrons. The van der Waals surface area contributed by atoms with E-state index in [1.54, 1.807) is 49.4 Å². The van der Waals surface area contributed by atoms with Crippen LogP contribution in [-0.4, -0.2) is 58.5 Å². The van der Waals surface area contributed by atoms with Gasteiger partial charge >= 0.3 is 0 Å². The summed E-state index contributed by atoms with van der Waals surface area (Å²) < 4.78 is 39.9. The van der Waals surface area contributed by atoms with Crippen molar-refractivity contribution in [1.82, 2.24) is 10.2 Å². The van der Waals surface area contributed by atoms with Crippen LogP contribution in [0.5, 0.6) is 11.5 Å². The summed E-state index contributed by atoms with van der Waals surface area (Å²) in [6.07, 6.45) is 1.65. The molecule has 0 saturated carbocycles. The molecule has 3 rings (SSSR count). The Morgan fingerprint density at radius 2 is 1.58 bits per heavy atom. The van der Waals surface area contributed by atoms with Gasteiger partial charge in [0, 0.05) is 34.8 Å². The molecule has 2 amide bonds. The predicted molar refractivity (Wildman–Crippen MR) is 170 cm³/mol. The summed E-state index contributed by atoms with van der Waals surface area (Å²) in [5.41, 5.74) is 1.62. The van der Waals surface area contributed by atoms with Crippen LogP contribution in [0.1, 0.15) is 37.8 Å². The average Bonchev–Trinajstić information content (AvgIpc) is 2.99. The molecule has 0 bridgehead atoms. The number of benzene rings is 3. The second kappa shape index (κ2) is 15.3. The van der Waals surface area contributed by atoms with Gasteiger partial charge in [-0.1, -0.05) is 60.3 Å². The van der Waals surface area contributed by atoms with E-state index in [-0.39, 0.29) is 28.8 Å². The summed E-state index contributed by atoms with van der Waals surface area (Å²) in [4.78, 5) is 28.4. The second-order valence-electron chi connectivity index (χ2n) is 9.91. The van der Waals surface area contributed by atoms with Crippen molar-refractivity contribution in [1.29, 1.82) is 0 Å². The Hall–Kier alpha value is -3.47. The number of sulfonamides is 1. The molecular weight excluding hydrogens is 613 g/mol. The van der Waals surface area contributed by atoms with E-state index < -0.39 is 28.5 Å². The zero-order valence-electron chi connectivity index (χ0n) is 24.9. The first-order chi connectivity index (χ1) is 20.4. The summed E-state index contributed by atoms with van der Waals surface area (Å²) in [5, 5.41) is 3.48. The number of hydrogen-bond donors (Lipinski definition) is 1. The largest absolute Gasteiger partial charge is 0.493 e. The Morgan fingerprint density at radius 1 is 0.953 bits per heavy atom. The van der Waals surface area contributed by atoms with Crippen LogP contribution in [0.4, 0.5) is 5.69 Å². The summed E-state index contributed by atoms with van der Waals surface area (Å²) in [7, 11) is -1.46. The van der Waals surface area contributed by atoms with Gasteiger partial charge in [-0.3, -0.25) is 13.9 Å². The van der Waals surface area contributed by atoms with Crippen molar-refractivity contribution in [2.24, 2.45) is 0 Å². The van der Waals surface area contributed by atoms with Crippen LogP contribution < -0.4 is 19.1 Å². The molecule has 0 saturated heterocycles. The van der Waals surface area contributed by atoms with Crippen LogP contribution in [0, 0.1) is 6.92 Å². The topological polar surface area (TPSA) is 105 Å². The van der Waals surface area contributed by atoms with Gasteiger partial charge in [-0.25, -0.2) is 8.42 Å². The fraction of sp³-hybridized carbons (Fsp3) is 0.355. The Labute approximate surface area is 263 Å². The number of rotatable bonds is 14. The number of carbonyl (C=O) groups excluding carboxylic acids is 2. The van der Waals surface area contributed by atoms with Gasteiger partial charge in [0.25, 0.3) is 10.0 Å². The van der Waals surface area contributed by atoms with Crippen LogP contribution in [0.2, 0.25) is 10.0 Å². The molecule has 0 fully saturated rings. The van der Waals surface area contributed by atoms with E-state index in [1.807, 2.05) is 13.8 Å². The van der Waals surface area contributed by atoms with Gasteiger partial charge in [0.05, 0.1) is 24.8 Å². The third kappa shape index (κ3) is 8.34. The van der Waals surface area contributed by atoms with Gasteiger partial charge < -0.3 is 19.7 Å². The molecule has 12 heteroatoms. The monoisotopic (exact) mass is 649 g/mol. The number of nitrogens with zero attached hydrogens (tertiary/aromatic N) is 2. The van der Waals surface area contributed by atoms with Crippen LogP contribution >= 0.6 is 23.2 Å². The number of methoxy groups -OCH3 is 2. The van der Waals surface area contributed by atoms with Crippen molar-refractivity contribution in [2.45, 2.75) is 51.1 Å². The number of anilines is 1. The minimum atomic E-state index is -4.31. The molecule has 9 nitrogen and oxygen atoms in total. The first kappa shape index (κ1) is 34.0. The minimum Gasteiger partial charge on any atom is -0.493 e. The summed E-state index contributed by atoms with van der Waals surface area (Å²) in [5.74, 6) is -0.440. The fourth-order valence-corrected chi connectivity index (χ4v) is 6.26. The van der Waals surface area contributed by atoms with E-state index >= 15 is 0 Å². The predicted octanol–water partition coefficient (Wildman–Crippen LogP) is 5.85. The lowest BCUT2D eigenvalue weighted by atomic mass is 10.1. The molecular formula is C31H37Cl2N3O6S. The highest BCUT2D eigenvalue weighted by Gasteiger charge is 2.33. The van der Waals surface area contributed by atoms with Gasteiger partial charge in [-0.2, -0.15) is 0 Å². The van der Waals surface area contributed by atoms with E-state index in [4.69, 9.17) is 32.7 Å². The Bertz CT molecular complexity index is 1510. The number of aryl methyl sites for hydroxylation is 1. The Balaban J connectivity index is 2.08. The third-order valence-corrected chi connectivity index (χ3v) is 9.41. The lowest BCUT2D eigenvalue weighted by Crippen LogP contribution is -2.51. The van der Waals surface area contributed by atoms with Crippen molar-refractivity contribution in [3.8, 4) is 11.5 Å². The van der Waals surface area contributed by atoms with Crippen molar-refractivity contribution < 1.29 is 27.5 Å². The zero-order valence-corrected chi connectivity index (χ0v) is 27.2. The molecule has 1 atom stereocenters. The molecule has 0 aliphatic rings. The van der Waals surface area contributed by atoms with E-state index in [0.29, 0.717) is 27.9 Å². The molecule has 3 aromatic carbocycles. The summed E-state index contributed by atoms with van der Waals surface area (Å²) >= 11 is 12.9. The normalized spacial score (nSPS) is 11.9. The highest BCUT2D eigenvalue weighted by atomic mass is 35.5. The highest BCUT2D eigenvalue weighted by Crippen LogP contribution is 2.33. The molecule has 0 aliphatic carbocycles. The molecule has 0 aliphatic heterocycles. The summed E-state index contributed by atoms with van der Waals surface area (Å²) in [6, 6.07) is 14.9. The van der Waals surface area contributed by atoms with Crippen molar-refractivity contribution in [3.63, 3.8) is 0 Å². The molecule has 43 heavy (non-hydrogen) atoms. The highest BCUT2D eigenvalue weighted by molar-refractivity contribution is 7.92. The van der Waals surface area contributed by atoms with Crippen LogP contribution in [0.15, 0.2) is 65.6 Å². The quantitative estimate of drug-likeness (QED) is 0.220. The van der Waals surface area contributed by atoms with Gasteiger partial charge in [0.1, 0.15) is 12.6 Å². The van der Waals surface area contributed by atoms with Gasteiger partial charge in [-0.05, 0) is 56.7 Å². The number of amides is 2. The maximum atomic E-state index is 14.1. The maximum Gasteiger partial charge on any atom is 0.264 e. The van der Waals surface area contributed by atoms with Crippen LogP contribution in [-0.2, 0) is 26.2 Å². The van der Waals surface area contributed by atoms with Crippen LogP contribution in [0.25, 0.3) is 0 Å². The number of nitrogens with one attached hydrogen (secondary N) is 1. The van der Waals surface area contributed by atoms with E-state index in [1.165, 1.54) is 37.3 Å². The van der Waals surface area contributed by atoms with Gasteiger partial charge in [-0.15, -0.1) is 0 Å². The van der Waals surface area contributed by atoms with E-state index in [0.717, 1.165) is 22.7 Å². The molecule has 0 radical (unpaired) electrons. The minimum absolute atomic E-state index is 0.107. The standard InChI is InChI=1S/C31H37Cl2N3O6S/c1-6-7-17-34-31(38)22(3)35(19-25-26(32)9-8-10-27(25)33)30(37)20-36(23-13-11-21(2)12-14-23)43(39,40)24-15-16-28(41-4)29(18-24)42-5/h8-16,18,22H,6-7,17,19-20H2,1-5H3,(H,34,38)/t22-/m1/s1. The van der Waals surface area contributed by atoms with Crippen LogP contribution in [0.3, 0.4) is 0 Å². The SMILES string of the molecule is CCCCNC(=O)[C@@H](C)N(Cc1c(Cl)cccc1Cl)C(=O)CN(c1ccc(C)cc1)S(=O)(=O)c1ccc(OC)c(OC)c1. The summed E-state index contributed by atoms with van der Waals surface area (Å²) in [6.45, 7) is 5.19. The average molecular weight is 651 g/mol. The van der Waals surface area contributed by atoms with Crippen molar-refractivity contribution in [3.05, 3.63) is 81.8 Å². The van der Waals surface area contributed by atoms with Gasteiger partial charge in [0.15, 0.2) is 11.5 Å². The smallest absolute Gasteiger partial charge is 0.264 e. The van der Waals surface area contributed by atoms with Gasteiger partial charge in [0.2, 0.25) is 11.8 Å². The van der Waals surface area contributed by atoms with E-state index in [9.17, 15) is 18.0 Å². The zero-order chi connectivity index (χ0) is 31.7. The lowest BCUT2D eigenvalue weighted by Gasteiger charge is -2.32. The number of hydrogen-bond acceptors (Lipinski definition) is 6. The Morgan fingerprint density at radius 3 is 2.16 bits per heavy atom. The molecule has 0 aromatic heterocycles. The lowest BCUT2D eigenvalue weighted by molar-refractivity contribution is -0.139. The molecule has 3 aromatic rings. The number of carbonyl (C=O) groups is 2. The molecule has 0 unspecified atom stereocenters. The molecule has 1 N–H and O–H groups in total. The fourth-order valence-electron chi connectivity index (χ4n) is 4.32. The first-order valence-electron chi connectivity index (χ1n) is 13.8. The number of unbranched alkanes of at least 4 members (excludes halogenated alkanes) is 1. The molecule has 0 heterocycles.